The minimum atomic E-state index is -3.10. The summed E-state index contributed by atoms with van der Waals surface area (Å²) in [5.41, 5.74) is 3.71. The minimum absolute atomic E-state index is 0.00152. The van der Waals surface area contributed by atoms with Gasteiger partial charge in [0.1, 0.15) is 9.84 Å². The van der Waals surface area contributed by atoms with Crippen LogP contribution in [0.5, 0.6) is 5.75 Å². The van der Waals surface area contributed by atoms with Crippen LogP contribution in [-0.4, -0.2) is 79.8 Å². The van der Waals surface area contributed by atoms with Gasteiger partial charge >= 0.3 is 0 Å². The zero-order chi connectivity index (χ0) is 27.7. The number of benzene rings is 2. The van der Waals surface area contributed by atoms with Gasteiger partial charge in [-0.3, -0.25) is 9.69 Å². The Kier molecular flexibility index (Phi) is 9.90. The van der Waals surface area contributed by atoms with Crippen molar-refractivity contribution in [1.29, 1.82) is 0 Å². The van der Waals surface area contributed by atoms with Crippen molar-refractivity contribution in [2.24, 2.45) is 0 Å². The second-order valence-corrected chi connectivity index (χ2v) is 12.0. The first kappa shape index (κ1) is 28.5. The number of ether oxygens (including phenoxy) is 1. The van der Waals surface area contributed by atoms with E-state index in [2.05, 4.69) is 44.2 Å². The molecule has 3 aromatic rings. The van der Waals surface area contributed by atoms with Gasteiger partial charge < -0.3 is 20.1 Å². The molecule has 0 aliphatic carbocycles. The van der Waals surface area contributed by atoms with E-state index in [0.717, 1.165) is 49.5 Å². The smallest absolute Gasteiger partial charge is 0.293 e. The minimum Gasteiger partial charge on any atom is -0.502 e. The van der Waals surface area contributed by atoms with Crippen LogP contribution in [0.2, 0.25) is 0 Å². The van der Waals surface area contributed by atoms with Crippen molar-refractivity contribution in [1.82, 2.24) is 20.2 Å². The van der Waals surface area contributed by atoms with Gasteiger partial charge in [-0.2, -0.15) is 0 Å². The Balaban J connectivity index is 1.39. The third-order valence-corrected chi connectivity index (χ3v) is 7.48. The molecule has 1 unspecified atom stereocenters. The van der Waals surface area contributed by atoms with E-state index in [1.165, 1.54) is 18.1 Å². The first-order chi connectivity index (χ1) is 18.8. The molecular weight excluding hydrogens is 516 g/mol. The van der Waals surface area contributed by atoms with Crippen molar-refractivity contribution in [3.05, 3.63) is 93.2 Å². The molecule has 2 heterocycles. The van der Waals surface area contributed by atoms with Gasteiger partial charge in [0, 0.05) is 56.0 Å². The Morgan fingerprint density at radius 1 is 1.05 bits per heavy atom. The van der Waals surface area contributed by atoms with Crippen molar-refractivity contribution >= 4 is 9.84 Å². The van der Waals surface area contributed by atoms with Crippen LogP contribution >= 0.6 is 0 Å². The van der Waals surface area contributed by atoms with E-state index in [-0.39, 0.29) is 23.9 Å². The van der Waals surface area contributed by atoms with E-state index >= 15 is 0 Å². The predicted octanol–water partition coefficient (Wildman–Crippen LogP) is 1.67. The second-order valence-electron chi connectivity index (χ2n) is 9.73. The van der Waals surface area contributed by atoms with Gasteiger partial charge in [0.2, 0.25) is 5.75 Å². The number of aromatic nitrogens is 2. The van der Waals surface area contributed by atoms with Crippen LogP contribution in [0.25, 0.3) is 0 Å². The highest BCUT2D eigenvalue weighted by molar-refractivity contribution is 7.90. The molecule has 0 saturated carbocycles. The molecule has 39 heavy (non-hydrogen) atoms. The van der Waals surface area contributed by atoms with Gasteiger partial charge in [0.05, 0.1) is 31.0 Å². The van der Waals surface area contributed by atoms with E-state index in [1.54, 1.807) is 0 Å². The Labute approximate surface area is 229 Å². The number of aromatic hydroxyl groups is 1. The fraction of sp³-hybridized carbons (Fsp3) is 0.379. The summed E-state index contributed by atoms with van der Waals surface area (Å²) in [4.78, 5) is 20.9. The lowest BCUT2D eigenvalue weighted by Gasteiger charge is -2.26. The number of nitrogens with zero attached hydrogens (tertiary/aromatic N) is 2. The quantitative estimate of drug-likeness (QED) is 0.257. The fourth-order valence-corrected chi connectivity index (χ4v) is 4.88. The van der Waals surface area contributed by atoms with Gasteiger partial charge in [0.15, 0.2) is 0 Å². The third-order valence-electron chi connectivity index (χ3n) is 6.54. The van der Waals surface area contributed by atoms with Crippen molar-refractivity contribution in [3.63, 3.8) is 0 Å². The van der Waals surface area contributed by atoms with Crippen LogP contribution in [0.4, 0.5) is 0 Å². The summed E-state index contributed by atoms with van der Waals surface area (Å²) in [6, 6.07) is 16.1. The maximum Gasteiger partial charge on any atom is 0.293 e. The molecule has 0 spiro atoms. The molecule has 3 N–H and O–H groups in total. The lowest BCUT2D eigenvalue weighted by atomic mass is 9.94. The molecule has 1 aromatic heterocycles. The molecule has 9 nitrogen and oxygen atoms in total. The molecule has 206 valence electrons. The van der Waals surface area contributed by atoms with Crippen LogP contribution < -0.4 is 10.9 Å². The second kappa shape index (κ2) is 13.5. The number of H-pyrrole nitrogens is 1. The standard InChI is InChI=1S/C29H34N4O5S/c1-39(36,37)17-12-30-19-26(27-28(34)29(35)32-21-31-27)18-24-8-4-22(5-9-24)2-3-23-6-10-25(11-7-23)20-33-13-15-38-16-14-33/h4-11,21,26,30,34H,12-20H2,1H3,(H,31,32,35). The van der Waals surface area contributed by atoms with E-state index in [1.807, 2.05) is 36.4 Å². The SMILES string of the molecule is CS(=O)(=O)CCNCC(Cc1ccc(C#Cc2ccc(CN3CCOCC3)cc2)cc1)c1nc[nH]c(=O)c1O. The predicted molar refractivity (Wildman–Crippen MR) is 151 cm³/mol. The van der Waals surface area contributed by atoms with Crippen molar-refractivity contribution in [2.45, 2.75) is 18.9 Å². The summed E-state index contributed by atoms with van der Waals surface area (Å²) in [7, 11) is -3.10. The van der Waals surface area contributed by atoms with E-state index in [4.69, 9.17) is 4.74 Å². The van der Waals surface area contributed by atoms with E-state index < -0.39 is 21.1 Å². The van der Waals surface area contributed by atoms with Crippen molar-refractivity contribution in [2.75, 3.05) is 51.4 Å². The molecule has 1 aliphatic heterocycles. The molecular formula is C29H34N4O5S. The number of morpholine rings is 1. The van der Waals surface area contributed by atoms with Gasteiger partial charge in [-0.25, -0.2) is 13.4 Å². The summed E-state index contributed by atoms with van der Waals surface area (Å²) in [6.45, 7) is 5.02. The van der Waals surface area contributed by atoms with Crippen molar-refractivity contribution in [3.8, 4) is 17.6 Å². The molecule has 10 heteroatoms. The van der Waals surface area contributed by atoms with Crippen LogP contribution in [0.15, 0.2) is 59.7 Å². The fourth-order valence-electron chi connectivity index (χ4n) is 4.37. The number of hydrogen-bond acceptors (Lipinski definition) is 8. The van der Waals surface area contributed by atoms with Gasteiger partial charge in [-0.15, -0.1) is 0 Å². The lowest BCUT2D eigenvalue weighted by molar-refractivity contribution is 0.0342. The summed E-state index contributed by atoms with van der Waals surface area (Å²) in [6.07, 6.45) is 2.94. The average molecular weight is 551 g/mol. The summed E-state index contributed by atoms with van der Waals surface area (Å²) in [5.74, 6) is 5.66. The molecule has 1 fully saturated rings. The first-order valence-corrected chi connectivity index (χ1v) is 15.0. The van der Waals surface area contributed by atoms with Gasteiger partial charge in [-0.1, -0.05) is 36.1 Å². The zero-order valence-electron chi connectivity index (χ0n) is 22.0. The zero-order valence-corrected chi connectivity index (χ0v) is 22.8. The number of nitrogens with one attached hydrogen (secondary N) is 2. The average Bonchev–Trinajstić information content (AvgIpc) is 2.92. The summed E-state index contributed by atoms with van der Waals surface area (Å²) < 4.78 is 28.3. The van der Waals surface area contributed by atoms with Crippen LogP contribution in [0.1, 0.15) is 33.9 Å². The first-order valence-electron chi connectivity index (χ1n) is 12.9. The largest absolute Gasteiger partial charge is 0.502 e. The van der Waals surface area contributed by atoms with E-state index in [0.29, 0.717) is 13.0 Å². The Morgan fingerprint density at radius 3 is 2.28 bits per heavy atom. The van der Waals surface area contributed by atoms with Crippen LogP contribution in [0, 0.1) is 11.8 Å². The number of sulfone groups is 1. The molecule has 0 radical (unpaired) electrons. The maximum atomic E-state index is 11.9. The molecule has 0 bridgehead atoms. The molecule has 4 rings (SSSR count). The molecule has 1 saturated heterocycles. The van der Waals surface area contributed by atoms with Crippen molar-refractivity contribution < 1.29 is 18.3 Å². The number of aromatic amines is 1. The highest BCUT2D eigenvalue weighted by Crippen LogP contribution is 2.23. The third kappa shape index (κ3) is 9.04. The van der Waals surface area contributed by atoms with Gasteiger partial charge in [-0.05, 0) is 41.8 Å². The summed E-state index contributed by atoms with van der Waals surface area (Å²) >= 11 is 0. The summed E-state index contributed by atoms with van der Waals surface area (Å²) in [5, 5.41) is 13.4. The normalized spacial score (nSPS) is 14.9. The molecule has 2 aromatic carbocycles. The number of rotatable bonds is 10. The highest BCUT2D eigenvalue weighted by Gasteiger charge is 2.20. The van der Waals surface area contributed by atoms with Crippen LogP contribution in [-0.2, 0) is 27.5 Å². The topological polar surface area (TPSA) is 125 Å². The highest BCUT2D eigenvalue weighted by atomic mass is 32.2. The Morgan fingerprint density at radius 2 is 1.67 bits per heavy atom. The molecule has 0 amide bonds. The number of hydrogen-bond donors (Lipinski definition) is 3. The monoisotopic (exact) mass is 550 g/mol. The lowest BCUT2D eigenvalue weighted by Crippen LogP contribution is -2.35. The molecule has 1 aliphatic rings. The molecule has 1 atom stereocenters. The van der Waals surface area contributed by atoms with Crippen LogP contribution in [0.3, 0.4) is 0 Å². The Hall–Kier alpha value is -3.49. The van der Waals surface area contributed by atoms with E-state index in [9.17, 15) is 18.3 Å². The Bertz CT molecular complexity index is 1450. The van der Waals surface area contributed by atoms with Gasteiger partial charge in [0.25, 0.3) is 5.56 Å². The maximum absolute atomic E-state index is 11.9.